The molecule has 0 aliphatic carbocycles. The van der Waals surface area contributed by atoms with Crippen LogP contribution in [-0.2, 0) is 16.0 Å². The van der Waals surface area contributed by atoms with Gasteiger partial charge in [0.05, 0.1) is 7.11 Å². The van der Waals surface area contributed by atoms with Crippen molar-refractivity contribution < 1.29 is 23.1 Å². The molecule has 1 N–H and O–H groups in total. The molecule has 25 heavy (non-hydrogen) atoms. The van der Waals surface area contributed by atoms with Gasteiger partial charge < -0.3 is 10.1 Å². The standard InChI is InChI=1S/C17H13Cl2F2NO3/c1-25-17(24)15(6-9-2-3-11(18)7-14(9)19)22-16(23)10-4-12(20)8-13(21)5-10/h2-5,7-8,15H,6H2,1H3,(H,22,23)/t15-/m0/s1. The van der Waals surface area contributed by atoms with Crippen LogP contribution in [0.25, 0.3) is 0 Å². The quantitative estimate of drug-likeness (QED) is 0.794. The fourth-order valence-corrected chi connectivity index (χ4v) is 2.65. The van der Waals surface area contributed by atoms with Crippen LogP contribution in [0.1, 0.15) is 15.9 Å². The average Bonchev–Trinajstić information content (AvgIpc) is 2.54. The maximum atomic E-state index is 13.2. The molecule has 0 heterocycles. The topological polar surface area (TPSA) is 55.4 Å². The summed E-state index contributed by atoms with van der Waals surface area (Å²) in [4.78, 5) is 24.1. The van der Waals surface area contributed by atoms with Crippen LogP contribution in [0.2, 0.25) is 10.0 Å². The SMILES string of the molecule is COC(=O)[C@H](Cc1ccc(Cl)cc1Cl)NC(=O)c1cc(F)cc(F)c1. The maximum Gasteiger partial charge on any atom is 0.328 e. The molecule has 1 atom stereocenters. The van der Waals surface area contributed by atoms with Gasteiger partial charge in [-0.3, -0.25) is 4.79 Å². The fraction of sp³-hybridized carbons (Fsp3) is 0.176. The average molecular weight is 388 g/mol. The van der Waals surface area contributed by atoms with E-state index in [4.69, 9.17) is 23.2 Å². The van der Waals surface area contributed by atoms with E-state index in [1.807, 2.05) is 0 Å². The molecular formula is C17H13Cl2F2NO3. The van der Waals surface area contributed by atoms with Gasteiger partial charge in [-0.1, -0.05) is 29.3 Å². The Morgan fingerprint density at radius 1 is 1.12 bits per heavy atom. The molecule has 0 spiro atoms. The van der Waals surface area contributed by atoms with Crippen molar-refractivity contribution in [2.24, 2.45) is 0 Å². The molecular weight excluding hydrogens is 375 g/mol. The van der Waals surface area contributed by atoms with Gasteiger partial charge in [0.1, 0.15) is 17.7 Å². The van der Waals surface area contributed by atoms with E-state index in [9.17, 15) is 18.4 Å². The summed E-state index contributed by atoms with van der Waals surface area (Å²) in [6.07, 6.45) is 0.0201. The van der Waals surface area contributed by atoms with E-state index in [0.29, 0.717) is 21.7 Å². The third kappa shape index (κ3) is 5.14. The highest BCUT2D eigenvalue weighted by Crippen LogP contribution is 2.22. The number of halogens is 4. The van der Waals surface area contributed by atoms with Crippen molar-refractivity contribution in [2.75, 3.05) is 7.11 Å². The first-order valence-electron chi connectivity index (χ1n) is 7.09. The zero-order valence-corrected chi connectivity index (χ0v) is 14.5. The molecule has 4 nitrogen and oxygen atoms in total. The van der Waals surface area contributed by atoms with Gasteiger partial charge in [0, 0.05) is 28.1 Å². The number of ether oxygens (including phenoxy) is 1. The van der Waals surface area contributed by atoms with Gasteiger partial charge in [-0.25, -0.2) is 13.6 Å². The molecule has 0 fully saturated rings. The third-order valence-corrected chi connectivity index (χ3v) is 3.94. The minimum absolute atomic E-state index is 0.0201. The van der Waals surface area contributed by atoms with E-state index in [2.05, 4.69) is 10.1 Å². The van der Waals surface area contributed by atoms with E-state index in [0.717, 1.165) is 19.2 Å². The van der Waals surface area contributed by atoms with Crippen molar-refractivity contribution in [3.63, 3.8) is 0 Å². The second-order valence-corrected chi connectivity index (χ2v) is 5.99. The van der Waals surface area contributed by atoms with Gasteiger partial charge in [-0.15, -0.1) is 0 Å². The Bertz CT molecular complexity index is 794. The Morgan fingerprint density at radius 2 is 1.76 bits per heavy atom. The molecule has 0 aromatic heterocycles. The Hall–Kier alpha value is -2.18. The first-order valence-corrected chi connectivity index (χ1v) is 7.84. The summed E-state index contributed by atoms with van der Waals surface area (Å²) in [7, 11) is 1.16. The number of carbonyl (C=O) groups is 2. The first-order chi connectivity index (χ1) is 11.8. The van der Waals surface area contributed by atoms with Gasteiger partial charge in [-0.2, -0.15) is 0 Å². The second kappa shape index (κ2) is 8.27. The molecule has 0 saturated heterocycles. The summed E-state index contributed by atoms with van der Waals surface area (Å²) in [5, 5.41) is 3.12. The Kier molecular flexibility index (Phi) is 6.33. The number of benzene rings is 2. The highest BCUT2D eigenvalue weighted by Gasteiger charge is 2.24. The van der Waals surface area contributed by atoms with Crippen LogP contribution in [0.5, 0.6) is 0 Å². The Morgan fingerprint density at radius 3 is 2.32 bits per heavy atom. The number of rotatable bonds is 5. The van der Waals surface area contributed by atoms with Crippen molar-refractivity contribution in [1.29, 1.82) is 0 Å². The molecule has 0 bridgehead atoms. The lowest BCUT2D eigenvalue weighted by Crippen LogP contribution is -2.43. The van der Waals surface area contributed by atoms with Crippen LogP contribution in [-0.4, -0.2) is 25.0 Å². The molecule has 0 aliphatic heterocycles. The zero-order chi connectivity index (χ0) is 18.6. The molecule has 2 rings (SSSR count). The molecule has 0 unspecified atom stereocenters. The van der Waals surface area contributed by atoms with Gasteiger partial charge in [0.2, 0.25) is 0 Å². The fourth-order valence-electron chi connectivity index (χ4n) is 2.17. The number of amides is 1. The van der Waals surface area contributed by atoms with Crippen molar-refractivity contribution in [3.8, 4) is 0 Å². The van der Waals surface area contributed by atoms with E-state index in [1.54, 1.807) is 12.1 Å². The first kappa shape index (κ1) is 19.1. The zero-order valence-electron chi connectivity index (χ0n) is 13.0. The summed E-state index contributed by atoms with van der Waals surface area (Å²) in [5.41, 5.74) is 0.292. The normalized spacial score (nSPS) is 11.7. The molecule has 0 radical (unpaired) electrons. The summed E-state index contributed by atoms with van der Waals surface area (Å²) in [5.74, 6) is -3.35. The monoisotopic (exact) mass is 387 g/mol. The molecule has 1 amide bonds. The molecule has 2 aromatic carbocycles. The van der Waals surface area contributed by atoms with Crippen LogP contribution < -0.4 is 5.32 Å². The molecule has 8 heteroatoms. The molecule has 0 saturated carbocycles. The number of nitrogens with one attached hydrogen (secondary N) is 1. The van der Waals surface area contributed by atoms with Crippen molar-refractivity contribution in [1.82, 2.24) is 5.32 Å². The van der Waals surface area contributed by atoms with Crippen molar-refractivity contribution in [3.05, 3.63) is 69.2 Å². The number of carbonyl (C=O) groups excluding carboxylic acids is 2. The number of hydrogen-bond donors (Lipinski definition) is 1. The van der Waals surface area contributed by atoms with Gasteiger partial charge in [-0.05, 0) is 29.8 Å². The number of methoxy groups -OCH3 is 1. The lowest BCUT2D eigenvalue weighted by molar-refractivity contribution is -0.142. The summed E-state index contributed by atoms with van der Waals surface area (Å²) < 4.78 is 31.2. The summed E-state index contributed by atoms with van der Waals surface area (Å²) in [6, 6.07) is 5.96. The van der Waals surface area contributed by atoms with Crippen LogP contribution >= 0.6 is 23.2 Å². The molecule has 0 aliphatic rings. The van der Waals surface area contributed by atoms with Gasteiger partial charge in [0.25, 0.3) is 5.91 Å². The van der Waals surface area contributed by atoms with Gasteiger partial charge >= 0.3 is 5.97 Å². The van der Waals surface area contributed by atoms with E-state index >= 15 is 0 Å². The van der Waals surface area contributed by atoms with E-state index in [1.165, 1.54) is 6.07 Å². The predicted octanol–water partition coefficient (Wildman–Crippen LogP) is 3.79. The van der Waals surface area contributed by atoms with E-state index < -0.39 is 29.6 Å². The summed E-state index contributed by atoms with van der Waals surface area (Å²) >= 11 is 11.9. The Labute approximate surface area is 152 Å². The smallest absolute Gasteiger partial charge is 0.328 e. The number of esters is 1. The van der Waals surface area contributed by atoms with Crippen LogP contribution in [0.15, 0.2) is 36.4 Å². The van der Waals surface area contributed by atoms with E-state index in [-0.39, 0.29) is 12.0 Å². The van der Waals surface area contributed by atoms with Crippen molar-refractivity contribution >= 4 is 35.1 Å². The summed E-state index contributed by atoms with van der Waals surface area (Å²) in [6.45, 7) is 0. The largest absolute Gasteiger partial charge is 0.467 e. The Balaban J connectivity index is 2.22. The minimum Gasteiger partial charge on any atom is -0.467 e. The maximum absolute atomic E-state index is 13.2. The molecule has 2 aromatic rings. The highest BCUT2D eigenvalue weighted by molar-refractivity contribution is 6.35. The lowest BCUT2D eigenvalue weighted by atomic mass is 10.1. The number of hydrogen-bond acceptors (Lipinski definition) is 3. The van der Waals surface area contributed by atoms with Crippen LogP contribution in [0.3, 0.4) is 0 Å². The third-order valence-electron chi connectivity index (χ3n) is 3.35. The lowest BCUT2D eigenvalue weighted by Gasteiger charge is -2.17. The highest BCUT2D eigenvalue weighted by atomic mass is 35.5. The predicted molar refractivity (Wildman–Crippen MR) is 89.8 cm³/mol. The van der Waals surface area contributed by atoms with Crippen molar-refractivity contribution in [2.45, 2.75) is 12.5 Å². The molecule has 132 valence electrons. The van der Waals surface area contributed by atoms with Gasteiger partial charge in [0.15, 0.2) is 0 Å². The second-order valence-electron chi connectivity index (χ2n) is 5.15. The van der Waals surface area contributed by atoms with Crippen LogP contribution in [0, 0.1) is 11.6 Å². The van der Waals surface area contributed by atoms with Crippen LogP contribution in [0.4, 0.5) is 8.78 Å². The minimum atomic E-state index is -1.09.